The first-order chi connectivity index (χ1) is 13.0. The van der Waals surface area contributed by atoms with Gasteiger partial charge in [-0.2, -0.15) is 4.31 Å². The maximum Gasteiger partial charge on any atom is 0.243 e. The lowest BCUT2D eigenvalue weighted by molar-refractivity contribution is 0.146. The third kappa shape index (κ3) is 4.10. The highest BCUT2D eigenvalue weighted by atomic mass is 32.2. The van der Waals surface area contributed by atoms with E-state index in [1.165, 1.54) is 25.8 Å². The Morgan fingerprint density at radius 1 is 0.889 bits per heavy atom. The first kappa shape index (κ1) is 19.7. The third-order valence-electron chi connectivity index (χ3n) is 5.10. The van der Waals surface area contributed by atoms with Crippen molar-refractivity contribution in [1.82, 2.24) is 9.21 Å². The van der Waals surface area contributed by atoms with Gasteiger partial charge in [-0.3, -0.25) is 4.90 Å². The zero-order chi connectivity index (χ0) is 19.4. The standard InChI is InChI=1S/C20H26N2O4S/c1-16(17-7-5-4-6-8-17)21-11-13-22(14-12-21)27(23,24)18-9-10-19(25-2)20(15-18)26-3/h4-10,15-16H,11-14H2,1-3H3. The molecule has 1 atom stereocenters. The molecule has 0 spiro atoms. The van der Waals surface area contributed by atoms with Crippen LogP contribution in [0.15, 0.2) is 53.4 Å². The molecule has 2 aromatic rings. The summed E-state index contributed by atoms with van der Waals surface area (Å²) >= 11 is 0. The van der Waals surface area contributed by atoms with E-state index in [9.17, 15) is 8.42 Å². The molecule has 2 aromatic carbocycles. The molecule has 0 aliphatic carbocycles. The highest BCUT2D eigenvalue weighted by Gasteiger charge is 2.30. The molecule has 1 fully saturated rings. The zero-order valence-electron chi connectivity index (χ0n) is 16.0. The van der Waals surface area contributed by atoms with Crippen LogP contribution in [0.1, 0.15) is 18.5 Å². The van der Waals surface area contributed by atoms with E-state index in [4.69, 9.17) is 9.47 Å². The van der Waals surface area contributed by atoms with Crippen molar-refractivity contribution >= 4 is 10.0 Å². The molecule has 27 heavy (non-hydrogen) atoms. The van der Waals surface area contributed by atoms with Gasteiger partial charge < -0.3 is 9.47 Å². The van der Waals surface area contributed by atoms with Crippen LogP contribution >= 0.6 is 0 Å². The van der Waals surface area contributed by atoms with Crippen LogP contribution in [0.4, 0.5) is 0 Å². The van der Waals surface area contributed by atoms with Crippen LogP contribution in [-0.2, 0) is 10.0 Å². The Morgan fingerprint density at radius 2 is 1.52 bits per heavy atom. The molecule has 7 heteroatoms. The quantitative estimate of drug-likeness (QED) is 0.759. The second kappa shape index (κ2) is 8.29. The zero-order valence-corrected chi connectivity index (χ0v) is 16.8. The maximum absolute atomic E-state index is 13.0. The Labute approximate surface area is 161 Å². The van der Waals surface area contributed by atoms with E-state index >= 15 is 0 Å². The highest BCUT2D eigenvalue weighted by Crippen LogP contribution is 2.31. The van der Waals surface area contributed by atoms with E-state index in [0.29, 0.717) is 37.7 Å². The molecule has 1 unspecified atom stereocenters. The largest absolute Gasteiger partial charge is 0.493 e. The number of benzene rings is 2. The fraction of sp³-hybridized carbons (Fsp3) is 0.400. The van der Waals surface area contributed by atoms with Crippen LogP contribution in [-0.4, -0.2) is 58.0 Å². The lowest BCUT2D eigenvalue weighted by Crippen LogP contribution is -2.49. The smallest absolute Gasteiger partial charge is 0.243 e. The van der Waals surface area contributed by atoms with Crippen molar-refractivity contribution in [3.8, 4) is 11.5 Å². The van der Waals surface area contributed by atoms with E-state index in [1.54, 1.807) is 16.4 Å². The van der Waals surface area contributed by atoms with Gasteiger partial charge in [0.25, 0.3) is 0 Å². The molecule has 146 valence electrons. The van der Waals surface area contributed by atoms with Gasteiger partial charge in [-0.1, -0.05) is 30.3 Å². The summed E-state index contributed by atoms with van der Waals surface area (Å²) in [5.74, 6) is 0.924. The van der Waals surface area contributed by atoms with Gasteiger partial charge >= 0.3 is 0 Å². The molecule has 0 saturated carbocycles. The van der Waals surface area contributed by atoms with Crippen molar-refractivity contribution in [3.63, 3.8) is 0 Å². The molecular weight excluding hydrogens is 364 g/mol. The molecule has 1 aliphatic heterocycles. The average molecular weight is 391 g/mol. The van der Waals surface area contributed by atoms with E-state index in [2.05, 4.69) is 24.0 Å². The molecule has 1 aliphatic rings. The van der Waals surface area contributed by atoms with Gasteiger partial charge in [-0.05, 0) is 24.6 Å². The van der Waals surface area contributed by atoms with Gasteiger partial charge in [0.05, 0.1) is 19.1 Å². The SMILES string of the molecule is COc1ccc(S(=O)(=O)N2CCN(C(C)c3ccccc3)CC2)cc1OC. The summed E-state index contributed by atoms with van der Waals surface area (Å²) in [4.78, 5) is 2.54. The minimum absolute atomic E-state index is 0.227. The summed E-state index contributed by atoms with van der Waals surface area (Å²) in [7, 11) is -0.537. The first-order valence-electron chi connectivity index (χ1n) is 8.98. The van der Waals surface area contributed by atoms with Crippen LogP contribution in [0, 0.1) is 0 Å². The molecule has 0 bridgehead atoms. The van der Waals surface area contributed by atoms with E-state index in [1.807, 2.05) is 18.2 Å². The van der Waals surface area contributed by atoms with Gasteiger partial charge in [0.2, 0.25) is 10.0 Å². The Balaban J connectivity index is 1.71. The average Bonchev–Trinajstić information content (AvgIpc) is 2.73. The minimum atomic E-state index is -3.56. The molecule has 6 nitrogen and oxygen atoms in total. The summed E-state index contributed by atoms with van der Waals surface area (Å²) in [6, 6.07) is 15.3. The van der Waals surface area contributed by atoms with Crippen molar-refractivity contribution < 1.29 is 17.9 Å². The first-order valence-corrected chi connectivity index (χ1v) is 10.4. The van der Waals surface area contributed by atoms with Gasteiger partial charge in [-0.25, -0.2) is 8.42 Å². The molecule has 0 aromatic heterocycles. The van der Waals surface area contributed by atoms with Crippen LogP contribution in [0.5, 0.6) is 11.5 Å². The minimum Gasteiger partial charge on any atom is -0.493 e. The van der Waals surface area contributed by atoms with E-state index in [0.717, 1.165) is 0 Å². The monoisotopic (exact) mass is 390 g/mol. The Hall–Kier alpha value is -2.09. The van der Waals surface area contributed by atoms with Crippen LogP contribution in [0.3, 0.4) is 0 Å². The topological polar surface area (TPSA) is 59.1 Å². The van der Waals surface area contributed by atoms with Crippen molar-refractivity contribution in [3.05, 3.63) is 54.1 Å². The number of nitrogens with zero attached hydrogens (tertiary/aromatic N) is 2. The van der Waals surface area contributed by atoms with Crippen LogP contribution < -0.4 is 9.47 Å². The number of hydrogen-bond donors (Lipinski definition) is 0. The Morgan fingerprint density at radius 3 is 2.11 bits per heavy atom. The molecule has 0 amide bonds. The second-order valence-electron chi connectivity index (χ2n) is 6.54. The predicted molar refractivity (Wildman–Crippen MR) is 105 cm³/mol. The van der Waals surface area contributed by atoms with Crippen molar-refractivity contribution in [2.45, 2.75) is 17.9 Å². The summed E-state index contributed by atoms with van der Waals surface area (Å²) in [6.07, 6.45) is 0. The third-order valence-corrected chi connectivity index (χ3v) is 6.99. The number of hydrogen-bond acceptors (Lipinski definition) is 5. The molecular formula is C20H26N2O4S. The fourth-order valence-corrected chi connectivity index (χ4v) is 4.84. The molecule has 1 heterocycles. The number of piperazine rings is 1. The van der Waals surface area contributed by atoms with Crippen LogP contribution in [0.2, 0.25) is 0 Å². The van der Waals surface area contributed by atoms with Crippen LogP contribution in [0.25, 0.3) is 0 Å². The summed E-state index contributed by atoms with van der Waals surface area (Å²) in [6.45, 7) is 4.49. The number of ether oxygens (including phenoxy) is 2. The number of rotatable bonds is 6. The Kier molecular flexibility index (Phi) is 6.04. The van der Waals surface area contributed by atoms with E-state index in [-0.39, 0.29) is 10.9 Å². The summed E-state index contributed by atoms with van der Waals surface area (Å²) in [5, 5.41) is 0. The van der Waals surface area contributed by atoms with Gasteiger partial charge in [-0.15, -0.1) is 0 Å². The molecule has 0 radical (unpaired) electrons. The summed E-state index contributed by atoms with van der Waals surface area (Å²) in [5.41, 5.74) is 1.24. The number of methoxy groups -OCH3 is 2. The molecule has 0 N–H and O–H groups in total. The molecule has 3 rings (SSSR count). The lowest BCUT2D eigenvalue weighted by atomic mass is 10.1. The normalized spacial score (nSPS) is 17.4. The second-order valence-corrected chi connectivity index (χ2v) is 8.48. The maximum atomic E-state index is 13.0. The predicted octanol–water partition coefficient (Wildman–Crippen LogP) is 2.77. The van der Waals surface area contributed by atoms with Crippen molar-refractivity contribution in [2.24, 2.45) is 0 Å². The van der Waals surface area contributed by atoms with E-state index < -0.39 is 10.0 Å². The lowest BCUT2D eigenvalue weighted by Gasteiger charge is -2.37. The van der Waals surface area contributed by atoms with Crippen molar-refractivity contribution in [1.29, 1.82) is 0 Å². The summed E-state index contributed by atoms with van der Waals surface area (Å²) < 4.78 is 38.0. The van der Waals surface area contributed by atoms with Gasteiger partial charge in [0.15, 0.2) is 11.5 Å². The number of sulfonamides is 1. The van der Waals surface area contributed by atoms with Gasteiger partial charge in [0, 0.05) is 38.3 Å². The Bertz CT molecular complexity index is 863. The van der Waals surface area contributed by atoms with Gasteiger partial charge in [0.1, 0.15) is 0 Å². The fourth-order valence-electron chi connectivity index (χ4n) is 3.40. The highest BCUT2D eigenvalue weighted by molar-refractivity contribution is 7.89. The van der Waals surface area contributed by atoms with Crippen molar-refractivity contribution in [2.75, 3.05) is 40.4 Å². The molecule has 1 saturated heterocycles.